The van der Waals surface area contributed by atoms with Crippen LogP contribution in [0.1, 0.15) is 18.4 Å². The van der Waals surface area contributed by atoms with E-state index in [9.17, 15) is 13.6 Å². The minimum atomic E-state index is -0.658. The van der Waals surface area contributed by atoms with E-state index in [-0.39, 0.29) is 23.9 Å². The van der Waals surface area contributed by atoms with Gasteiger partial charge in [0.25, 0.3) is 0 Å². The van der Waals surface area contributed by atoms with Gasteiger partial charge in [0.15, 0.2) is 5.82 Å². The fourth-order valence-corrected chi connectivity index (χ4v) is 3.65. The number of aromatic nitrogens is 2. The zero-order valence-electron chi connectivity index (χ0n) is 16.4. The Morgan fingerprint density at radius 2 is 1.90 bits per heavy atom. The van der Waals surface area contributed by atoms with Crippen molar-refractivity contribution < 1.29 is 13.6 Å². The normalized spacial score (nSPS) is 16.3. The molecule has 0 unspecified atom stereocenters. The number of piperidine rings is 1. The molecule has 0 aliphatic carbocycles. The number of hydrogen-bond donors (Lipinski definition) is 1. The first-order chi connectivity index (χ1) is 14.6. The second-order valence-electron chi connectivity index (χ2n) is 7.38. The lowest BCUT2D eigenvalue weighted by Gasteiger charge is -2.32. The molecule has 3 aromatic rings. The summed E-state index contributed by atoms with van der Waals surface area (Å²) in [6, 6.07) is 17.0. The molecule has 5 nitrogen and oxygen atoms in total. The van der Waals surface area contributed by atoms with Gasteiger partial charge in [0.1, 0.15) is 11.6 Å². The molecule has 1 atom stereocenters. The monoisotopic (exact) mass is 408 g/mol. The smallest absolute Gasteiger partial charge is 0.225 e. The fraction of sp³-hybridized carbons (Fsp3) is 0.261. The Kier molecular flexibility index (Phi) is 5.97. The molecule has 4 rings (SSSR count). The summed E-state index contributed by atoms with van der Waals surface area (Å²) in [7, 11) is 0. The molecule has 0 radical (unpaired) electrons. The molecule has 1 aliphatic heterocycles. The van der Waals surface area contributed by atoms with Crippen LogP contribution >= 0.6 is 0 Å². The maximum absolute atomic E-state index is 13.8. The maximum atomic E-state index is 13.8. The molecule has 154 valence electrons. The van der Waals surface area contributed by atoms with Crippen molar-refractivity contribution >= 4 is 11.7 Å². The van der Waals surface area contributed by atoms with Gasteiger partial charge in [-0.25, -0.2) is 8.78 Å². The van der Waals surface area contributed by atoms with Gasteiger partial charge in [-0.05, 0) is 31.0 Å². The fourth-order valence-electron chi connectivity index (χ4n) is 3.65. The van der Waals surface area contributed by atoms with Crippen molar-refractivity contribution in [3.05, 3.63) is 77.9 Å². The number of hydrogen-bond acceptors (Lipinski definition) is 4. The van der Waals surface area contributed by atoms with Crippen LogP contribution in [0.2, 0.25) is 0 Å². The first-order valence-electron chi connectivity index (χ1n) is 9.96. The van der Waals surface area contributed by atoms with Gasteiger partial charge >= 0.3 is 0 Å². The molecule has 1 amide bonds. The van der Waals surface area contributed by atoms with E-state index >= 15 is 0 Å². The number of carbonyl (C=O) groups is 1. The third kappa shape index (κ3) is 4.62. The lowest BCUT2D eigenvalue weighted by molar-refractivity contribution is -0.125. The van der Waals surface area contributed by atoms with E-state index in [2.05, 4.69) is 15.5 Å². The largest absolute Gasteiger partial charge is 0.354 e. The number of rotatable bonds is 5. The molecule has 2 aromatic carbocycles. The molecule has 1 aliphatic rings. The predicted molar refractivity (Wildman–Crippen MR) is 111 cm³/mol. The third-order valence-corrected chi connectivity index (χ3v) is 5.30. The van der Waals surface area contributed by atoms with E-state index < -0.39 is 11.6 Å². The number of nitrogens with zero attached hydrogens (tertiary/aromatic N) is 3. The van der Waals surface area contributed by atoms with Crippen LogP contribution in [-0.2, 0) is 11.3 Å². The number of benzene rings is 2. The molecule has 0 spiro atoms. The Bertz CT molecular complexity index is 1010. The highest BCUT2D eigenvalue weighted by Crippen LogP contribution is 2.23. The van der Waals surface area contributed by atoms with Crippen molar-refractivity contribution in [1.29, 1.82) is 0 Å². The van der Waals surface area contributed by atoms with Crippen LogP contribution in [0.3, 0.4) is 0 Å². The van der Waals surface area contributed by atoms with Crippen molar-refractivity contribution in [2.75, 3.05) is 18.0 Å². The Hall–Kier alpha value is -3.35. The highest BCUT2D eigenvalue weighted by atomic mass is 19.1. The number of halogens is 2. The van der Waals surface area contributed by atoms with Crippen molar-refractivity contribution in [2.24, 2.45) is 5.92 Å². The average molecular weight is 408 g/mol. The molecular weight excluding hydrogens is 386 g/mol. The van der Waals surface area contributed by atoms with Crippen molar-refractivity contribution in [3.8, 4) is 11.3 Å². The third-order valence-electron chi connectivity index (χ3n) is 5.30. The van der Waals surface area contributed by atoms with Crippen molar-refractivity contribution in [3.63, 3.8) is 0 Å². The Balaban J connectivity index is 1.37. The average Bonchev–Trinajstić information content (AvgIpc) is 2.79. The van der Waals surface area contributed by atoms with Crippen LogP contribution in [-0.4, -0.2) is 29.2 Å². The van der Waals surface area contributed by atoms with Gasteiger partial charge in [-0.2, -0.15) is 0 Å². The predicted octanol–water partition coefficient (Wildman–Crippen LogP) is 3.95. The van der Waals surface area contributed by atoms with Crippen molar-refractivity contribution in [1.82, 2.24) is 15.5 Å². The van der Waals surface area contributed by atoms with E-state index in [1.54, 1.807) is 0 Å². The van der Waals surface area contributed by atoms with E-state index in [4.69, 9.17) is 0 Å². The molecular formula is C23H22F2N4O. The lowest BCUT2D eigenvalue weighted by Crippen LogP contribution is -2.43. The first kappa shape index (κ1) is 19.9. The van der Waals surface area contributed by atoms with E-state index in [1.165, 1.54) is 12.1 Å². The summed E-state index contributed by atoms with van der Waals surface area (Å²) >= 11 is 0. The van der Waals surface area contributed by atoms with Gasteiger partial charge < -0.3 is 10.2 Å². The summed E-state index contributed by atoms with van der Waals surface area (Å²) in [4.78, 5) is 14.6. The Labute approximate surface area is 173 Å². The second-order valence-corrected chi connectivity index (χ2v) is 7.38. The molecule has 1 N–H and O–H groups in total. The summed E-state index contributed by atoms with van der Waals surface area (Å²) in [5.74, 6) is -0.925. The maximum Gasteiger partial charge on any atom is 0.225 e. The van der Waals surface area contributed by atoms with Crippen LogP contribution < -0.4 is 10.2 Å². The van der Waals surface area contributed by atoms with Gasteiger partial charge in [0.2, 0.25) is 5.91 Å². The summed E-state index contributed by atoms with van der Waals surface area (Å²) in [5, 5.41) is 11.4. The van der Waals surface area contributed by atoms with Gasteiger partial charge in [-0.15, -0.1) is 10.2 Å². The van der Waals surface area contributed by atoms with Crippen LogP contribution in [0.15, 0.2) is 60.7 Å². The standard InChI is InChI=1S/C23H22F2N4O/c24-19-9-8-17(20(25)13-19)14-26-23(30)18-7-4-12-29(15-18)22-11-10-21(27-28-22)16-5-2-1-3-6-16/h1-3,5-6,8-11,13,18H,4,7,12,14-15H2,(H,26,30)/t18-/m0/s1. The van der Waals surface area contributed by atoms with Crippen LogP contribution in [0.4, 0.5) is 14.6 Å². The summed E-state index contributed by atoms with van der Waals surface area (Å²) in [6.07, 6.45) is 1.61. The minimum Gasteiger partial charge on any atom is -0.354 e. The summed E-state index contributed by atoms with van der Waals surface area (Å²) in [5.41, 5.74) is 2.06. The van der Waals surface area contributed by atoms with Crippen LogP contribution in [0.5, 0.6) is 0 Å². The topological polar surface area (TPSA) is 58.1 Å². The van der Waals surface area contributed by atoms with Crippen LogP contribution in [0, 0.1) is 17.6 Å². The quantitative estimate of drug-likeness (QED) is 0.695. The molecule has 1 fully saturated rings. The number of anilines is 1. The molecule has 2 heterocycles. The molecule has 30 heavy (non-hydrogen) atoms. The van der Waals surface area contributed by atoms with Crippen LogP contribution in [0.25, 0.3) is 11.3 Å². The zero-order chi connectivity index (χ0) is 20.9. The number of nitrogens with one attached hydrogen (secondary N) is 1. The minimum absolute atomic E-state index is 0.0347. The number of amides is 1. The SMILES string of the molecule is O=C(NCc1ccc(F)cc1F)[C@H]1CCCN(c2ccc(-c3ccccc3)nn2)C1. The van der Waals surface area contributed by atoms with E-state index in [0.29, 0.717) is 6.54 Å². The van der Waals surface area contributed by atoms with E-state index in [1.807, 2.05) is 47.4 Å². The van der Waals surface area contributed by atoms with Gasteiger partial charge in [0, 0.05) is 36.8 Å². The Morgan fingerprint density at radius 3 is 2.63 bits per heavy atom. The molecule has 7 heteroatoms. The molecule has 0 saturated carbocycles. The summed E-state index contributed by atoms with van der Waals surface area (Å²) in [6.45, 7) is 1.36. The molecule has 1 saturated heterocycles. The highest BCUT2D eigenvalue weighted by molar-refractivity contribution is 5.79. The molecule has 1 aromatic heterocycles. The second kappa shape index (κ2) is 8.98. The van der Waals surface area contributed by atoms with Crippen molar-refractivity contribution in [2.45, 2.75) is 19.4 Å². The zero-order valence-corrected chi connectivity index (χ0v) is 16.4. The summed E-state index contributed by atoms with van der Waals surface area (Å²) < 4.78 is 26.8. The Morgan fingerprint density at radius 1 is 1.07 bits per heavy atom. The lowest BCUT2D eigenvalue weighted by atomic mass is 9.97. The van der Waals surface area contributed by atoms with E-state index in [0.717, 1.165) is 42.5 Å². The highest BCUT2D eigenvalue weighted by Gasteiger charge is 2.26. The van der Waals surface area contributed by atoms with Gasteiger partial charge in [-0.3, -0.25) is 4.79 Å². The molecule has 0 bridgehead atoms. The first-order valence-corrected chi connectivity index (χ1v) is 9.96. The van der Waals surface area contributed by atoms with Gasteiger partial charge in [-0.1, -0.05) is 36.4 Å². The van der Waals surface area contributed by atoms with Gasteiger partial charge in [0.05, 0.1) is 11.6 Å². The number of carbonyl (C=O) groups excluding carboxylic acids is 1.